The molecule has 0 atom stereocenters. The van der Waals surface area contributed by atoms with Crippen molar-refractivity contribution in [2.24, 2.45) is 0 Å². The Kier molecular flexibility index (Phi) is 5.07. The number of carbonyl (C=O) groups excluding carboxylic acids is 1. The lowest BCUT2D eigenvalue weighted by atomic mass is 10.1. The Labute approximate surface area is 118 Å². The van der Waals surface area contributed by atoms with Gasteiger partial charge in [-0.1, -0.05) is 37.3 Å². The molecule has 0 radical (unpaired) electrons. The van der Waals surface area contributed by atoms with Gasteiger partial charge in [0.05, 0.1) is 7.11 Å². The molecule has 1 aromatic heterocycles. The summed E-state index contributed by atoms with van der Waals surface area (Å²) < 4.78 is 4.98. The zero-order chi connectivity index (χ0) is 13.7. The summed E-state index contributed by atoms with van der Waals surface area (Å²) >= 11 is 6.08. The fraction of sp³-hybridized carbons (Fsp3) is 0.692. The molecule has 1 fully saturated rings. The lowest BCUT2D eigenvalue weighted by Gasteiger charge is -2.21. The van der Waals surface area contributed by atoms with E-state index < -0.39 is 0 Å². The van der Waals surface area contributed by atoms with Crippen LogP contribution in [-0.4, -0.2) is 41.2 Å². The minimum atomic E-state index is -0.0808. The van der Waals surface area contributed by atoms with Crippen molar-refractivity contribution in [3.8, 4) is 5.88 Å². The van der Waals surface area contributed by atoms with Crippen LogP contribution in [0.2, 0.25) is 5.02 Å². The van der Waals surface area contributed by atoms with Gasteiger partial charge in [0, 0.05) is 13.1 Å². The first-order chi connectivity index (χ1) is 9.24. The summed E-state index contributed by atoms with van der Waals surface area (Å²) in [6, 6.07) is 0. The summed E-state index contributed by atoms with van der Waals surface area (Å²) in [4.78, 5) is 14.3. The van der Waals surface area contributed by atoms with Gasteiger partial charge < -0.3 is 9.64 Å². The lowest BCUT2D eigenvalue weighted by molar-refractivity contribution is 0.0747. The monoisotopic (exact) mass is 285 g/mol. The van der Waals surface area contributed by atoms with Crippen LogP contribution in [0.4, 0.5) is 0 Å². The van der Waals surface area contributed by atoms with Gasteiger partial charge in [0.1, 0.15) is 10.7 Å². The molecule has 0 aromatic carbocycles. The molecule has 1 aliphatic heterocycles. The van der Waals surface area contributed by atoms with E-state index in [9.17, 15) is 4.79 Å². The van der Waals surface area contributed by atoms with E-state index in [4.69, 9.17) is 16.3 Å². The average molecular weight is 286 g/mol. The summed E-state index contributed by atoms with van der Waals surface area (Å²) in [7, 11) is 1.48. The number of ether oxygens (including phenoxy) is 1. The van der Waals surface area contributed by atoms with Gasteiger partial charge in [-0.15, -0.1) is 5.10 Å². The molecule has 1 saturated heterocycles. The van der Waals surface area contributed by atoms with Gasteiger partial charge in [0.25, 0.3) is 11.8 Å². The Hall–Kier alpha value is -1.23. The molecule has 0 bridgehead atoms. The summed E-state index contributed by atoms with van der Waals surface area (Å²) in [6.45, 7) is 1.58. The first kappa shape index (κ1) is 14.2. The Morgan fingerprint density at radius 3 is 2.32 bits per heavy atom. The number of H-pyrrole nitrogens is 1. The predicted octanol–water partition coefficient (Wildman–Crippen LogP) is 2.87. The van der Waals surface area contributed by atoms with E-state index in [1.165, 1.54) is 32.8 Å². The number of hydrogen-bond acceptors (Lipinski definition) is 3. The molecule has 0 aliphatic carbocycles. The maximum Gasteiger partial charge on any atom is 0.273 e. The number of amides is 1. The highest BCUT2D eigenvalue weighted by Gasteiger charge is 2.23. The number of hydrogen-bond donors (Lipinski definition) is 1. The summed E-state index contributed by atoms with van der Waals surface area (Å²) in [6.07, 6.45) is 7.00. The first-order valence-corrected chi connectivity index (χ1v) is 7.19. The van der Waals surface area contributed by atoms with E-state index >= 15 is 0 Å². The number of aromatic amines is 1. The zero-order valence-electron chi connectivity index (χ0n) is 11.2. The van der Waals surface area contributed by atoms with Crippen LogP contribution in [0.15, 0.2) is 0 Å². The molecule has 2 rings (SSSR count). The largest absolute Gasteiger partial charge is 0.479 e. The number of nitrogens with zero attached hydrogens (tertiary/aromatic N) is 2. The van der Waals surface area contributed by atoms with Gasteiger partial charge in [-0.25, -0.2) is 0 Å². The van der Waals surface area contributed by atoms with Crippen LogP contribution in [-0.2, 0) is 0 Å². The number of carbonyl (C=O) groups is 1. The fourth-order valence-electron chi connectivity index (χ4n) is 2.37. The minimum Gasteiger partial charge on any atom is -0.479 e. The van der Waals surface area contributed by atoms with Crippen molar-refractivity contribution in [3.63, 3.8) is 0 Å². The van der Waals surface area contributed by atoms with Crippen LogP contribution in [0.25, 0.3) is 0 Å². The smallest absolute Gasteiger partial charge is 0.273 e. The fourth-order valence-corrected chi connectivity index (χ4v) is 2.62. The third kappa shape index (κ3) is 3.41. The van der Waals surface area contributed by atoms with E-state index in [0.29, 0.717) is 5.69 Å². The van der Waals surface area contributed by atoms with Gasteiger partial charge >= 0.3 is 0 Å². The quantitative estimate of drug-likeness (QED) is 0.909. The topological polar surface area (TPSA) is 58.2 Å². The van der Waals surface area contributed by atoms with Crippen molar-refractivity contribution < 1.29 is 9.53 Å². The Morgan fingerprint density at radius 2 is 1.79 bits per heavy atom. The van der Waals surface area contributed by atoms with E-state index in [-0.39, 0.29) is 16.8 Å². The van der Waals surface area contributed by atoms with E-state index in [1.807, 2.05) is 4.90 Å². The molecule has 19 heavy (non-hydrogen) atoms. The van der Waals surface area contributed by atoms with Gasteiger partial charge in [0.2, 0.25) is 0 Å². The highest BCUT2D eigenvalue weighted by Crippen LogP contribution is 2.26. The number of nitrogens with one attached hydrogen (secondary N) is 1. The highest BCUT2D eigenvalue weighted by atomic mass is 35.5. The normalized spacial score (nSPS) is 17.5. The van der Waals surface area contributed by atoms with Gasteiger partial charge in [-0.3, -0.25) is 9.89 Å². The molecule has 1 aromatic rings. The van der Waals surface area contributed by atoms with E-state index in [1.54, 1.807) is 0 Å². The van der Waals surface area contributed by atoms with Crippen molar-refractivity contribution in [3.05, 3.63) is 10.7 Å². The molecular formula is C13H20ClN3O2. The van der Waals surface area contributed by atoms with E-state index in [0.717, 1.165) is 25.9 Å². The number of rotatable bonds is 2. The van der Waals surface area contributed by atoms with Gasteiger partial charge in [-0.05, 0) is 12.8 Å². The molecule has 1 N–H and O–H groups in total. The number of methoxy groups -OCH3 is 1. The molecule has 5 nitrogen and oxygen atoms in total. The van der Waals surface area contributed by atoms with Crippen molar-refractivity contribution >= 4 is 17.5 Å². The Balaban J connectivity index is 2.09. The van der Waals surface area contributed by atoms with Crippen molar-refractivity contribution in [1.82, 2.24) is 15.1 Å². The number of halogens is 1. The maximum atomic E-state index is 12.4. The molecule has 0 unspecified atom stereocenters. The van der Waals surface area contributed by atoms with Crippen LogP contribution in [0.5, 0.6) is 5.88 Å². The minimum absolute atomic E-state index is 0.0808. The van der Waals surface area contributed by atoms with E-state index in [2.05, 4.69) is 10.2 Å². The first-order valence-electron chi connectivity index (χ1n) is 6.81. The molecule has 1 aliphatic rings. The molecule has 1 amide bonds. The molecule has 0 saturated carbocycles. The highest BCUT2D eigenvalue weighted by molar-refractivity contribution is 6.34. The van der Waals surface area contributed by atoms with Crippen LogP contribution in [0, 0.1) is 0 Å². The standard InChI is InChI=1S/C13H20ClN3O2/c1-19-12-10(14)11(15-16-12)13(18)17-8-6-4-2-3-5-7-9-17/h2-9H2,1H3,(H,15,16). The molecule has 2 heterocycles. The second-order valence-electron chi connectivity index (χ2n) is 4.84. The lowest BCUT2D eigenvalue weighted by Crippen LogP contribution is -2.33. The van der Waals surface area contributed by atoms with Crippen LogP contribution < -0.4 is 4.74 Å². The molecule has 0 spiro atoms. The van der Waals surface area contributed by atoms with Gasteiger partial charge in [-0.2, -0.15) is 0 Å². The van der Waals surface area contributed by atoms with Crippen LogP contribution >= 0.6 is 11.6 Å². The van der Waals surface area contributed by atoms with Crippen molar-refractivity contribution in [2.45, 2.75) is 38.5 Å². The van der Waals surface area contributed by atoms with Gasteiger partial charge in [0.15, 0.2) is 0 Å². The summed E-state index contributed by atoms with van der Waals surface area (Å²) in [5, 5.41) is 6.83. The molecule has 106 valence electrons. The second kappa shape index (κ2) is 6.80. The van der Waals surface area contributed by atoms with Crippen LogP contribution in [0.3, 0.4) is 0 Å². The predicted molar refractivity (Wildman–Crippen MR) is 73.8 cm³/mol. The number of aromatic nitrogens is 2. The third-order valence-electron chi connectivity index (χ3n) is 3.48. The van der Waals surface area contributed by atoms with Crippen molar-refractivity contribution in [1.29, 1.82) is 0 Å². The second-order valence-corrected chi connectivity index (χ2v) is 5.21. The van der Waals surface area contributed by atoms with Crippen molar-refractivity contribution in [2.75, 3.05) is 20.2 Å². The SMILES string of the molecule is COc1n[nH]c(C(=O)N2CCCCCCCC2)c1Cl. The summed E-state index contributed by atoms with van der Waals surface area (Å²) in [5.41, 5.74) is 0.331. The Bertz CT molecular complexity index is 424. The molecule has 6 heteroatoms. The van der Waals surface area contributed by atoms with Crippen LogP contribution in [0.1, 0.15) is 49.0 Å². The third-order valence-corrected chi connectivity index (χ3v) is 3.83. The maximum absolute atomic E-state index is 12.4. The molecular weight excluding hydrogens is 266 g/mol. The average Bonchev–Trinajstić information content (AvgIpc) is 2.84. The summed E-state index contributed by atoms with van der Waals surface area (Å²) in [5.74, 6) is 0.192. The Morgan fingerprint density at radius 1 is 1.21 bits per heavy atom. The zero-order valence-corrected chi connectivity index (χ0v) is 12.0.